The zero-order chi connectivity index (χ0) is 21.7. The van der Waals surface area contributed by atoms with Crippen LogP contribution in [0.5, 0.6) is 5.75 Å². The third kappa shape index (κ3) is 5.01. The van der Waals surface area contributed by atoms with Crippen molar-refractivity contribution in [3.05, 3.63) is 41.5 Å². The lowest BCUT2D eigenvalue weighted by Crippen LogP contribution is -2.47. The number of ether oxygens (including phenoxy) is 2. The third-order valence-electron chi connectivity index (χ3n) is 6.40. The highest BCUT2D eigenvalue weighted by molar-refractivity contribution is 5.80. The molecule has 1 fully saturated rings. The Balaban J connectivity index is 1.54. The van der Waals surface area contributed by atoms with Gasteiger partial charge < -0.3 is 24.7 Å². The average Bonchev–Trinajstić information content (AvgIpc) is 3.35. The zero-order valence-electron chi connectivity index (χ0n) is 18.9. The number of fused-ring (bicyclic) bond motifs is 1. The summed E-state index contributed by atoms with van der Waals surface area (Å²) in [7, 11) is 3.70. The van der Waals surface area contributed by atoms with Gasteiger partial charge >= 0.3 is 0 Å². The van der Waals surface area contributed by atoms with Crippen molar-refractivity contribution in [1.82, 2.24) is 25.4 Å². The number of rotatable bonds is 7. The molecule has 1 aliphatic heterocycles. The molecule has 1 spiro atoms. The SMILES string of the molecule is COCCCNC(=NCc1nnc(C)n1C)NC1CC2(CCCC2)Oc2ccccc21. The van der Waals surface area contributed by atoms with Crippen molar-refractivity contribution >= 4 is 5.96 Å². The number of aromatic nitrogens is 3. The van der Waals surface area contributed by atoms with Crippen molar-refractivity contribution in [3.8, 4) is 5.75 Å². The quantitative estimate of drug-likeness (QED) is 0.402. The fourth-order valence-electron chi connectivity index (χ4n) is 4.55. The Kier molecular flexibility index (Phi) is 6.75. The van der Waals surface area contributed by atoms with Gasteiger partial charge in [0.1, 0.15) is 23.7 Å². The van der Waals surface area contributed by atoms with Crippen LogP contribution in [0.2, 0.25) is 0 Å². The van der Waals surface area contributed by atoms with Crippen LogP contribution in [0, 0.1) is 6.92 Å². The Hall–Kier alpha value is -2.61. The topological polar surface area (TPSA) is 85.6 Å². The summed E-state index contributed by atoms with van der Waals surface area (Å²) in [6, 6.07) is 8.53. The number of guanidine groups is 1. The van der Waals surface area contributed by atoms with E-state index in [1.54, 1.807) is 7.11 Å². The van der Waals surface area contributed by atoms with Crippen molar-refractivity contribution in [2.45, 2.75) is 63.6 Å². The minimum absolute atomic E-state index is 0.0616. The fourth-order valence-corrected chi connectivity index (χ4v) is 4.55. The summed E-state index contributed by atoms with van der Waals surface area (Å²) in [5.74, 6) is 3.51. The maximum atomic E-state index is 6.51. The molecule has 1 aromatic heterocycles. The van der Waals surface area contributed by atoms with Crippen molar-refractivity contribution in [1.29, 1.82) is 0 Å². The lowest BCUT2D eigenvalue weighted by Gasteiger charge is -2.40. The molecule has 4 rings (SSSR count). The number of hydrogen-bond donors (Lipinski definition) is 2. The second-order valence-electron chi connectivity index (χ2n) is 8.59. The summed E-state index contributed by atoms with van der Waals surface area (Å²) in [4.78, 5) is 4.84. The molecule has 0 saturated heterocycles. The highest BCUT2D eigenvalue weighted by Gasteiger charge is 2.43. The van der Waals surface area contributed by atoms with Crippen LogP contribution in [0.4, 0.5) is 0 Å². The van der Waals surface area contributed by atoms with Gasteiger partial charge in [-0.25, -0.2) is 4.99 Å². The molecule has 1 atom stereocenters. The lowest BCUT2D eigenvalue weighted by molar-refractivity contribution is 0.0396. The summed E-state index contributed by atoms with van der Waals surface area (Å²) >= 11 is 0. The number of methoxy groups -OCH3 is 1. The molecule has 1 aliphatic carbocycles. The molecule has 1 saturated carbocycles. The van der Waals surface area contributed by atoms with Crippen molar-refractivity contribution in [3.63, 3.8) is 0 Å². The first-order chi connectivity index (χ1) is 15.1. The number of nitrogens with zero attached hydrogens (tertiary/aromatic N) is 4. The van der Waals surface area contributed by atoms with Crippen LogP contribution < -0.4 is 15.4 Å². The third-order valence-corrected chi connectivity index (χ3v) is 6.40. The van der Waals surface area contributed by atoms with Crippen LogP contribution in [-0.4, -0.2) is 46.6 Å². The first kappa shape index (κ1) is 21.6. The molecular formula is C23H34N6O2. The Morgan fingerprint density at radius 2 is 2.10 bits per heavy atom. The van der Waals surface area contributed by atoms with E-state index in [1.807, 2.05) is 18.5 Å². The van der Waals surface area contributed by atoms with E-state index in [1.165, 1.54) is 18.4 Å². The first-order valence-electron chi connectivity index (χ1n) is 11.3. The van der Waals surface area contributed by atoms with Crippen molar-refractivity contribution in [2.75, 3.05) is 20.3 Å². The van der Waals surface area contributed by atoms with Crippen LogP contribution in [0.25, 0.3) is 0 Å². The second kappa shape index (κ2) is 9.68. The van der Waals surface area contributed by atoms with Crippen LogP contribution in [0.3, 0.4) is 0 Å². The van der Waals surface area contributed by atoms with E-state index in [2.05, 4.69) is 45.1 Å². The molecule has 31 heavy (non-hydrogen) atoms. The summed E-state index contributed by atoms with van der Waals surface area (Å²) in [5.41, 5.74) is 1.13. The fraction of sp³-hybridized carbons (Fsp3) is 0.609. The number of hydrogen-bond acceptors (Lipinski definition) is 5. The molecule has 0 amide bonds. The molecule has 168 valence electrons. The lowest BCUT2D eigenvalue weighted by atomic mass is 9.86. The van der Waals surface area contributed by atoms with Gasteiger partial charge in [0.25, 0.3) is 0 Å². The van der Waals surface area contributed by atoms with Gasteiger partial charge in [-0.3, -0.25) is 0 Å². The standard InChI is InChI=1S/C23H34N6O2/c1-17-27-28-21(29(17)2)16-25-22(24-13-8-14-30-3)26-19-15-23(11-6-7-12-23)31-20-10-5-4-9-18(19)20/h4-5,9-10,19H,6-8,11-16H2,1-3H3,(H2,24,25,26). The summed E-state index contributed by atoms with van der Waals surface area (Å²) in [5, 5.41) is 15.6. The highest BCUT2D eigenvalue weighted by Crippen LogP contribution is 2.46. The molecule has 1 aromatic carbocycles. The average molecular weight is 427 g/mol. The van der Waals surface area contributed by atoms with E-state index in [0.29, 0.717) is 13.2 Å². The second-order valence-corrected chi connectivity index (χ2v) is 8.59. The number of benzene rings is 1. The van der Waals surface area contributed by atoms with E-state index < -0.39 is 0 Å². The number of para-hydroxylation sites is 1. The Bertz CT molecular complexity index is 903. The molecular weight excluding hydrogens is 392 g/mol. The molecule has 8 heteroatoms. The van der Waals surface area contributed by atoms with Gasteiger partial charge in [0.2, 0.25) is 0 Å². The molecule has 0 radical (unpaired) electrons. The van der Waals surface area contributed by atoms with Crippen molar-refractivity contribution < 1.29 is 9.47 Å². The first-order valence-corrected chi connectivity index (χ1v) is 11.3. The van der Waals surface area contributed by atoms with Gasteiger partial charge in [0.15, 0.2) is 11.8 Å². The Morgan fingerprint density at radius 1 is 1.29 bits per heavy atom. The van der Waals surface area contributed by atoms with Crippen LogP contribution >= 0.6 is 0 Å². The molecule has 0 bridgehead atoms. The molecule has 2 N–H and O–H groups in total. The summed E-state index contributed by atoms with van der Waals surface area (Å²) in [6.07, 6.45) is 6.56. The number of aliphatic imine (C=N–C) groups is 1. The predicted molar refractivity (Wildman–Crippen MR) is 120 cm³/mol. The van der Waals surface area contributed by atoms with Crippen molar-refractivity contribution in [2.24, 2.45) is 12.0 Å². The molecule has 2 aliphatic rings. The van der Waals surface area contributed by atoms with E-state index in [9.17, 15) is 0 Å². The molecule has 2 heterocycles. The highest BCUT2D eigenvalue weighted by atomic mass is 16.5. The number of nitrogens with one attached hydrogen (secondary N) is 2. The molecule has 8 nitrogen and oxygen atoms in total. The van der Waals surface area contributed by atoms with E-state index in [0.717, 1.165) is 55.6 Å². The van der Waals surface area contributed by atoms with Gasteiger partial charge in [-0.15, -0.1) is 10.2 Å². The van der Waals surface area contributed by atoms with Gasteiger partial charge in [0, 0.05) is 39.3 Å². The predicted octanol–water partition coefficient (Wildman–Crippen LogP) is 3.03. The summed E-state index contributed by atoms with van der Waals surface area (Å²) in [6.45, 7) is 3.91. The maximum absolute atomic E-state index is 6.51. The monoisotopic (exact) mass is 426 g/mol. The minimum atomic E-state index is -0.0616. The van der Waals surface area contributed by atoms with Crippen LogP contribution in [0.1, 0.15) is 61.8 Å². The van der Waals surface area contributed by atoms with Crippen LogP contribution in [-0.2, 0) is 18.3 Å². The molecule has 1 unspecified atom stereocenters. The van der Waals surface area contributed by atoms with E-state index in [-0.39, 0.29) is 11.6 Å². The van der Waals surface area contributed by atoms with Gasteiger partial charge in [-0.05, 0) is 45.1 Å². The van der Waals surface area contributed by atoms with Gasteiger partial charge in [0.05, 0.1) is 6.04 Å². The largest absolute Gasteiger partial charge is 0.487 e. The smallest absolute Gasteiger partial charge is 0.192 e. The minimum Gasteiger partial charge on any atom is -0.487 e. The van der Waals surface area contributed by atoms with Crippen LogP contribution in [0.15, 0.2) is 29.3 Å². The van der Waals surface area contributed by atoms with Gasteiger partial charge in [-0.1, -0.05) is 18.2 Å². The number of aryl methyl sites for hydroxylation is 1. The Labute approximate surface area is 184 Å². The molecule has 2 aromatic rings. The summed E-state index contributed by atoms with van der Waals surface area (Å²) < 4.78 is 13.7. The van der Waals surface area contributed by atoms with E-state index >= 15 is 0 Å². The maximum Gasteiger partial charge on any atom is 0.192 e. The zero-order valence-corrected chi connectivity index (χ0v) is 18.9. The normalized spacial score (nSPS) is 19.8. The van der Waals surface area contributed by atoms with E-state index in [4.69, 9.17) is 14.5 Å². The Morgan fingerprint density at radius 3 is 2.84 bits per heavy atom. The van der Waals surface area contributed by atoms with Gasteiger partial charge in [-0.2, -0.15) is 0 Å².